The van der Waals surface area contributed by atoms with Gasteiger partial charge in [-0.25, -0.2) is 9.97 Å². The van der Waals surface area contributed by atoms with E-state index in [1.165, 1.54) is 0 Å². The van der Waals surface area contributed by atoms with Crippen molar-refractivity contribution in [1.29, 1.82) is 0 Å². The monoisotopic (exact) mass is 242 g/mol. The zero-order valence-electron chi connectivity index (χ0n) is 9.61. The minimum atomic E-state index is -0.336. The van der Waals surface area contributed by atoms with Crippen LogP contribution in [0.4, 0.5) is 0 Å². The second-order valence-electron chi connectivity index (χ2n) is 3.76. The highest BCUT2D eigenvalue weighted by Gasteiger charge is 2.26. The highest BCUT2D eigenvalue weighted by Crippen LogP contribution is 2.25. The molecule has 0 bridgehead atoms. The molecular weight excluding hydrogens is 228 g/mol. The third-order valence-electron chi connectivity index (χ3n) is 2.21. The van der Waals surface area contributed by atoms with Gasteiger partial charge in [0.1, 0.15) is 0 Å². The Morgan fingerprint density at radius 3 is 2.44 bits per heavy atom. The first kappa shape index (κ1) is 12.9. The molecule has 88 valence electrons. The Bertz CT molecular complexity index is 352. The molecule has 0 aliphatic rings. The standard InChI is InChI=1S/C11H15ClN2O2/c1-4-16-10(15)9(7(2)3)8-5-13-11(12)14-6-8/h5-7,9H,4H2,1-3H3. The molecule has 1 atom stereocenters. The van der Waals surface area contributed by atoms with Crippen LogP contribution < -0.4 is 0 Å². The summed E-state index contributed by atoms with van der Waals surface area (Å²) in [5.74, 6) is -0.454. The van der Waals surface area contributed by atoms with E-state index in [2.05, 4.69) is 9.97 Å². The van der Waals surface area contributed by atoms with Gasteiger partial charge in [0, 0.05) is 18.0 Å². The summed E-state index contributed by atoms with van der Waals surface area (Å²) >= 11 is 5.60. The summed E-state index contributed by atoms with van der Waals surface area (Å²) in [5.41, 5.74) is 0.734. The molecule has 0 fully saturated rings. The highest BCUT2D eigenvalue weighted by atomic mass is 35.5. The molecule has 1 heterocycles. The lowest BCUT2D eigenvalue weighted by molar-refractivity contribution is -0.146. The number of esters is 1. The maximum Gasteiger partial charge on any atom is 0.313 e. The van der Waals surface area contributed by atoms with E-state index < -0.39 is 0 Å². The summed E-state index contributed by atoms with van der Waals surface area (Å²) in [6.07, 6.45) is 3.13. The van der Waals surface area contributed by atoms with Gasteiger partial charge in [-0.1, -0.05) is 13.8 Å². The Kier molecular flexibility index (Phi) is 4.68. The molecule has 0 saturated carbocycles. The fraction of sp³-hybridized carbons (Fsp3) is 0.545. The summed E-state index contributed by atoms with van der Waals surface area (Å²) in [6, 6.07) is 0. The predicted molar refractivity (Wildman–Crippen MR) is 61.3 cm³/mol. The lowest BCUT2D eigenvalue weighted by Gasteiger charge is -2.18. The third-order valence-corrected chi connectivity index (χ3v) is 2.40. The lowest BCUT2D eigenvalue weighted by atomic mass is 9.90. The number of hydrogen-bond donors (Lipinski definition) is 0. The van der Waals surface area contributed by atoms with Crippen LogP contribution in [0.1, 0.15) is 32.3 Å². The molecule has 0 saturated heterocycles. The quantitative estimate of drug-likeness (QED) is 0.601. The van der Waals surface area contributed by atoms with Crippen LogP contribution in [0.2, 0.25) is 5.28 Å². The number of nitrogens with zero attached hydrogens (tertiary/aromatic N) is 2. The zero-order chi connectivity index (χ0) is 12.1. The fourth-order valence-corrected chi connectivity index (χ4v) is 1.61. The second-order valence-corrected chi connectivity index (χ2v) is 4.10. The minimum Gasteiger partial charge on any atom is -0.466 e. The first-order valence-corrected chi connectivity index (χ1v) is 5.58. The molecule has 1 aromatic heterocycles. The number of carbonyl (C=O) groups is 1. The SMILES string of the molecule is CCOC(=O)C(c1cnc(Cl)nc1)C(C)C. The van der Waals surface area contributed by atoms with Gasteiger partial charge in [-0.3, -0.25) is 4.79 Å². The van der Waals surface area contributed by atoms with E-state index in [4.69, 9.17) is 16.3 Å². The molecule has 5 heteroatoms. The van der Waals surface area contributed by atoms with Crippen LogP contribution in [0.25, 0.3) is 0 Å². The van der Waals surface area contributed by atoms with Crippen LogP contribution >= 0.6 is 11.6 Å². The van der Waals surface area contributed by atoms with Gasteiger partial charge in [0.05, 0.1) is 12.5 Å². The first-order valence-electron chi connectivity index (χ1n) is 5.20. The Balaban J connectivity index is 2.93. The predicted octanol–water partition coefficient (Wildman–Crippen LogP) is 2.43. The molecule has 0 radical (unpaired) electrons. The van der Waals surface area contributed by atoms with E-state index in [1.54, 1.807) is 19.3 Å². The van der Waals surface area contributed by atoms with Crippen molar-refractivity contribution >= 4 is 17.6 Å². The average Bonchev–Trinajstić information content (AvgIpc) is 2.21. The summed E-state index contributed by atoms with van der Waals surface area (Å²) in [5, 5.41) is 0.176. The maximum atomic E-state index is 11.8. The molecule has 0 spiro atoms. The van der Waals surface area contributed by atoms with Gasteiger partial charge in [0.2, 0.25) is 5.28 Å². The van der Waals surface area contributed by atoms with Gasteiger partial charge in [0.25, 0.3) is 0 Å². The van der Waals surface area contributed by atoms with Crippen molar-refractivity contribution in [2.45, 2.75) is 26.7 Å². The van der Waals surface area contributed by atoms with Gasteiger partial charge in [-0.05, 0) is 24.4 Å². The topological polar surface area (TPSA) is 52.1 Å². The van der Waals surface area contributed by atoms with Crippen molar-refractivity contribution in [2.75, 3.05) is 6.61 Å². The summed E-state index contributed by atoms with van der Waals surface area (Å²) in [7, 11) is 0. The molecule has 16 heavy (non-hydrogen) atoms. The van der Waals surface area contributed by atoms with Crippen molar-refractivity contribution < 1.29 is 9.53 Å². The van der Waals surface area contributed by atoms with Crippen molar-refractivity contribution in [2.24, 2.45) is 5.92 Å². The third kappa shape index (κ3) is 3.17. The molecule has 1 rings (SSSR count). The van der Waals surface area contributed by atoms with Crippen LogP contribution in [0, 0.1) is 5.92 Å². The van der Waals surface area contributed by atoms with Crippen LogP contribution in [0.5, 0.6) is 0 Å². The zero-order valence-corrected chi connectivity index (χ0v) is 10.4. The molecule has 0 aromatic carbocycles. The highest BCUT2D eigenvalue weighted by molar-refractivity contribution is 6.28. The van der Waals surface area contributed by atoms with Gasteiger partial charge < -0.3 is 4.74 Å². The van der Waals surface area contributed by atoms with E-state index in [0.29, 0.717) is 6.61 Å². The largest absolute Gasteiger partial charge is 0.466 e. The number of halogens is 1. The molecule has 1 aromatic rings. The molecule has 1 unspecified atom stereocenters. The van der Waals surface area contributed by atoms with E-state index in [0.717, 1.165) is 5.56 Å². The maximum absolute atomic E-state index is 11.8. The Morgan fingerprint density at radius 2 is 2.00 bits per heavy atom. The number of rotatable bonds is 4. The number of hydrogen-bond acceptors (Lipinski definition) is 4. The van der Waals surface area contributed by atoms with Gasteiger partial charge in [0.15, 0.2) is 0 Å². The fourth-order valence-electron chi connectivity index (χ4n) is 1.51. The molecule has 4 nitrogen and oxygen atoms in total. The minimum absolute atomic E-state index is 0.129. The van der Waals surface area contributed by atoms with Gasteiger partial charge >= 0.3 is 5.97 Å². The molecule has 0 aliphatic heterocycles. The average molecular weight is 243 g/mol. The van der Waals surface area contributed by atoms with Gasteiger partial charge in [-0.2, -0.15) is 0 Å². The van der Waals surface area contributed by atoms with Crippen LogP contribution in [0.15, 0.2) is 12.4 Å². The summed E-state index contributed by atoms with van der Waals surface area (Å²) in [4.78, 5) is 19.5. The Morgan fingerprint density at radius 1 is 1.44 bits per heavy atom. The van der Waals surface area contributed by atoms with Crippen LogP contribution in [-0.4, -0.2) is 22.5 Å². The smallest absolute Gasteiger partial charge is 0.313 e. The molecule has 0 aliphatic carbocycles. The summed E-state index contributed by atoms with van der Waals surface area (Å²) < 4.78 is 5.02. The summed E-state index contributed by atoms with van der Waals surface area (Å²) in [6.45, 7) is 6.07. The number of carbonyl (C=O) groups excluding carboxylic acids is 1. The van der Waals surface area contributed by atoms with Crippen LogP contribution in [0.3, 0.4) is 0 Å². The van der Waals surface area contributed by atoms with E-state index in [9.17, 15) is 4.79 Å². The Labute approximate surface area is 100 Å². The normalized spacial score (nSPS) is 12.6. The molecule has 0 N–H and O–H groups in total. The van der Waals surface area contributed by atoms with Gasteiger partial charge in [-0.15, -0.1) is 0 Å². The molecule has 0 amide bonds. The first-order chi connectivity index (χ1) is 7.56. The van der Waals surface area contributed by atoms with Crippen LogP contribution in [-0.2, 0) is 9.53 Å². The number of aromatic nitrogens is 2. The van der Waals surface area contributed by atoms with Crippen molar-refractivity contribution in [3.8, 4) is 0 Å². The van der Waals surface area contributed by atoms with Crippen molar-refractivity contribution in [3.05, 3.63) is 23.2 Å². The lowest BCUT2D eigenvalue weighted by Crippen LogP contribution is -2.21. The molecular formula is C11H15ClN2O2. The van der Waals surface area contributed by atoms with E-state index in [-0.39, 0.29) is 23.1 Å². The second kappa shape index (κ2) is 5.80. The van der Waals surface area contributed by atoms with E-state index in [1.807, 2.05) is 13.8 Å². The van der Waals surface area contributed by atoms with Crippen molar-refractivity contribution in [1.82, 2.24) is 9.97 Å². The Hall–Kier alpha value is -1.16. The van der Waals surface area contributed by atoms with Crippen molar-refractivity contribution in [3.63, 3.8) is 0 Å². The van der Waals surface area contributed by atoms with E-state index >= 15 is 0 Å². The number of ether oxygens (including phenoxy) is 1.